The largest absolute Gasteiger partial charge is 0.481 e. The summed E-state index contributed by atoms with van der Waals surface area (Å²) < 4.78 is 10.9. The lowest BCUT2D eigenvalue weighted by Crippen LogP contribution is -2.44. The van der Waals surface area contributed by atoms with Gasteiger partial charge in [-0.1, -0.05) is 67.5 Å². The maximum Gasteiger partial charge on any atom is 0.312 e. The van der Waals surface area contributed by atoms with E-state index in [2.05, 4.69) is 20.8 Å². The minimum atomic E-state index is -1.02. The summed E-state index contributed by atoms with van der Waals surface area (Å²) in [6.07, 6.45) is 5.30. The van der Waals surface area contributed by atoms with Crippen LogP contribution in [0.15, 0.2) is 12.2 Å². The maximum absolute atomic E-state index is 13.0. The second-order valence-corrected chi connectivity index (χ2v) is 11.5. The summed E-state index contributed by atoms with van der Waals surface area (Å²) in [5, 5.41) is 9.43. The van der Waals surface area contributed by atoms with E-state index in [4.69, 9.17) is 9.47 Å². The van der Waals surface area contributed by atoms with E-state index < -0.39 is 29.2 Å². The molecule has 0 heterocycles. The number of carboxylic acid groups (broad SMARTS) is 1. The lowest BCUT2D eigenvalue weighted by molar-refractivity contribution is -0.170. The number of rotatable bonds is 9. The van der Waals surface area contributed by atoms with Gasteiger partial charge in [0.05, 0.1) is 17.3 Å². The summed E-state index contributed by atoms with van der Waals surface area (Å²) in [7, 11) is 0. The van der Waals surface area contributed by atoms with Gasteiger partial charge in [-0.2, -0.15) is 0 Å². The number of carbonyl (C=O) groups excluding carboxylic acids is 2. The first-order chi connectivity index (χ1) is 14.0. The lowest BCUT2D eigenvalue weighted by Gasteiger charge is -2.43. The number of carbonyl (C=O) groups is 3. The van der Waals surface area contributed by atoms with Crippen LogP contribution in [0.3, 0.4) is 0 Å². The van der Waals surface area contributed by atoms with Crippen molar-refractivity contribution in [3.8, 4) is 0 Å². The molecule has 6 nitrogen and oxygen atoms in total. The van der Waals surface area contributed by atoms with Crippen molar-refractivity contribution in [1.29, 1.82) is 0 Å². The van der Waals surface area contributed by atoms with E-state index in [0.29, 0.717) is 12.3 Å². The van der Waals surface area contributed by atoms with Crippen LogP contribution in [0.5, 0.6) is 0 Å². The van der Waals surface area contributed by atoms with E-state index in [9.17, 15) is 19.5 Å². The first-order valence-electron chi connectivity index (χ1n) is 11.2. The van der Waals surface area contributed by atoms with E-state index >= 15 is 0 Å². The van der Waals surface area contributed by atoms with Gasteiger partial charge in [0.2, 0.25) is 0 Å². The molecule has 0 fully saturated rings. The molecule has 0 aliphatic heterocycles. The Bertz CT molecular complexity index is 681. The smallest absolute Gasteiger partial charge is 0.312 e. The number of esters is 2. The molecule has 0 aromatic rings. The van der Waals surface area contributed by atoms with Crippen molar-refractivity contribution < 1.29 is 29.0 Å². The van der Waals surface area contributed by atoms with Crippen LogP contribution in [0.25, 0.3) is 0 Å². The van der Waals surface area contributed by atoms with Gasteiger partial charge in [0.15, 0.2) is 0 Å². The summed E-state index contributed by atoms with van der Waals surface area (Å²) in [6.45, 7) is 17.7. The Morgan fingerprint density at radius 1 is 1.00 bits per heavy atom. The first-order valence-corrected chi connectivity index (χ1v) is 11.2. The molecule has 178 valence electrons. The van der Waals surface area contributed by atoms with Gasteiger partial charge >= 0.3 is 17.9 Å². The van der Waals surface area contributed by atoms with Crippen LogP contribution >= 0.6 is 0 Å². The fraction of sp³-hybridized carbons (Fsp3) is 0.800. The molecule has 0 amide bonds. The minimum Gasteiger partial charge on any atom is -0.481 e. The van der Waals surface area contributed by atoms with Gasteiger partial charge in [-0.25, -0.2) is 0 Å². The van der Waals surface area contributed by atoms with Crippen molar-refractivity contribution in [1.82, 2.24) is 0 Å². The molecule has 0 aromatic heterocycles. The highest BCUT2D eigenvalue weighted by Crippen LogP contribution is 2.47. The molecule has 0 spiro atoms. The summed E-state index contributed by atoms with van der Waals surface area (Å²) in [5.41, 5.74) is -1.05. The van der Waals surface area contributed by atoms with Crippen molar-refractivity contribution in [2.24, 2.45) is 39.9 Å². The third-order valence-electron chi connectivity index (χ3n) is 6.54. The van der Waals surface area contributed by atoms with Gasteiger partial charge in [-0.05, 0) is 42.4 Å². The SMILES string of the molecule is CC1C=CC(C(C(=O)OCCOC(=O)C(C)(CC(C)(C)C)C(C)(C)C)C(C)C(=O)O)C1. The van der Waals surface area contributed by atoms with Crippen LogP contribution in [0, 0.1) is 39.9 Å². The molecule has 6 heteroatoms. The third-order valence-corrected chi connectivity index (χ3v) is 6.54. The zero-order valence-corrected chi connectivity index (χ0v) is 20.8. The van der Waals surface area contributed by atoms with Crippen LogP contribution in [0.4, 0.5) is 0 Å². The predicted molar refractivity (Wildman–Crippen MR) is 120 cm³/mol. The maximum atomic E-state index is 13.0. The monoisotopic (exact) mass is 438 g/mol. The van der Waals surface area contributed by atoms with Crippen LogP contribution in [-0.4, -0.2) is 36.2 Å². The molecule has 31 heavy (non-hydrogen) atoms. The van der Waals surface area contributed by atoms with Crippen molar-refractivity contribution >= 4 is 17.9 Å². The Kier molecular flexibility index (Phi) is 8.93. The van der Waals surface area contributed by atoms with Gasteiger partial charge in [0.1, 0.15) is 13.2 Å². The molecule has 1 rings (SSSR count). The van der Waals surface area contributed by atoms with Crippen LogP contribution in [-0.2, 0) is 23.9 Å². The molecule has 0 radical (unpaired) electrons. The Hall–Kier alpha value is -1.85. The van der Waals surface area contributed by atoms with E-state index in [0.717, 1.165) is 6.42 Å². The predicted octanol–water partition coefficient (Wildman–Crippen LogP) is 5.11. The van der Waals surface area contributed by atoms with Gasteiger partial charge in [-0.3, -0.25) is 14.4 Å². The van der Waals surface area contributed by atoms with Crippen LogP contribution in [0.2, 0.25) is 0 Å². The fourth-order valence-corrected chi connectivity index (χ4v) is 4.32. The average Bonchev–Trinajstić information content (AvgIpc) is 3.01. The molecule has 5 atom stereocenters. The summed E-state index contributed by atoms with van der Waals surface area (Å²) in [6, 6.07) is 0. The standard InChI is InChI=1S/C25H42O6/c1-16-10-11-18(14-16)19(17(2)20(26)27)21(28)30-12-13-31-22(29)25(9,24(6,7)8)15-23(3,4)5/h10-11,16-19H,12-15H2,1-9H3,(H,26,27). The summed E-state index contributed by atoms with van der Waals surface area (Å²) in [4.78, 5) is 37.2. The number of allylic oxidation sites excluding steroid dienone is 2. The number of hydrogen-bond acceptors (Lipinski definition) is 5. The molecule has 1 aliphatic carbocycles. The second-order valence-electron chi connectivity index (χ2n) is 11.5. The van der Waals surface area contributed by atoms with Crippen molar-refractivity contribution in [3.63, 3.8) is 0 Å². The molecule has 0 bridgehead atoms. The van der Waals surface area contributed by atoms with E-state index in [1.807, 2.05) is 46.8 Å². The van der Waals surface area contributed by atoms with E-state index in [-0.39, 0.29) is 35.9 Å². The fourth-order valence-electron chi connectivity index (χ4n) is 4.32. The topological polar surface area (TPSA) is 89.9 Å². The molecule has 0 saturated carbocycles. The molecular formula is C25H42O6. The molecule has 1 aliphatic rings. The number of hydrogen-bond donors (Lipinski definition) is 1. The molecule has 5 unspecified atom stereocenters. The van der Waals surface area contributed by atoms with Crippen LogP contribution in [0.1, 0.15) is 75.2 Å². The van der Waals surface area contributed by atoms with Crippen molar-refractivity contribution in [2.75, 3.05) is 13.2 Å². The van der Waals surface area contributed by atoms with Crippen molar-refractivity contribution in [2.45, 2.75) is 75.2 Å². The number of aliphatic carboxylic acids is 1. The van der Waals surface area contributed by atoms with Gasteiger partial charge in [0.25, 0.3) is 0 Å². The Morgan fingerprint density at radius 3 is 1.97 bits per heavy atom. The molecule has 1 N–H and O–H groups in total. The third kappa shape index (κ3) is 7.36. The highest BCUT2D eigenvalue weighted by molar-refractivity contribution is 5.81. The normalized spacial score (nSPS) is 23.0. The van der Waals surface area contributed by atoms with Crippen molar-refractivity contribution in [3.05, 3.63) is 12.2 Å². The molecular weight excluding hydrogens is 396 g/mol. The Labute approximate surface area is 187 Å². The van der Waals surface area contributed by atoms with E-state index in [1.54, 1.807) is 0 Å². The van der Waals surface area contributed by atoms with Gasteiger partial charge in [0, 0.05) is 0 Å². The number of carboxylic acids is 1. The first kappa shape index (κ1) is 27.2. The van der Waals surface area contributed by atoms with Gasteiger partial charge in [-0.15, -0.1) is 0 Å². The quantitative estimate of drug-likeness (QED) is 0.306. The van der Waals surface area contributed by atoms with E-state index in [1.165, 1.54) is 6.92 Å². The molecule has 0 aromatic carbocycles. The molecule has 0 saturated heterocycles. The number of ether oxygens (including phenoxy) is 2. The summed E-state index contributed by atoms with van der Waals surface area (Å²) in [5.74, 6) is -3.35. The zero-order chi connectivity index (χ0) is 24.2. The minimum absolute atomic E-state index is 0.0501. The second kappa shape index (κ2) is 10.2. The Morgan fingerprint density at radius 2 is 1.55 bits per heavy atom. The van der Waals surface area contributed by atoms with Crippen LogP contribution < -0.4 is 0 Å². The van der Waals surface area contributed by atoms with Gasteiger partial charge < -0.3 is 14.6 Å². The summed E-state index contributed by atoms with van der Waals surface area (Å²) >= 11 is 0. The highest BCUT2D eigenvalue weighted by Gasteiger charge is 2.47. The zero-order valence-electron chi connectivity index (χ0n) is 20.8. The highest BCUT2D eigenvalue weighted by atomic mass is 16.6. The Balaban J connectivity index is 2.73. The lowest BCUT2D eigenvalue weighted by atomic mass is 9.61. The average molecular weight is 439 g/mol.